The second kappa shape index (κ2) is 7.78. The van der Waals surface area contributed by atoms with Gasteiger partial charge in [-0.15, -0.1) is 0 Å². The summed E-state index contributed by atoms with van der Waals surface area (Å²) < 4.78 is 5.57. The lowest BCUT2D eigenvalue weighted by atomic mass is 9.82. The molecule has 1 aliphatic carbocycles. The minimum absolute atomic E-state index is 0.261. The molecule has 1 N–H and O–H groups in total. The van der Waals surface area contributed by atoms with Crippen LogP contribution in [0.2, 0.25) is 5.02 Å². The first-order chi connectivity index (χ1) is 15.1. The Kier molecular flexibility index (Phi) is 4.95. The monoisotopic (exact) mass is 430 g/mol. The first-order valence-electron chi connectivity index (χ1n) is 10.4. The van der Waals surface area contributed by atoms with Crippen LogP contribution in [0.15, 0.2) is 89.8 Å². The smallest absolute Gasteiger partial charge is 0.125 e. The number of hydrogen-bond acceptors (Lipinski definition) is 4. The minimum Gasteiger partial charge on any atom is -0.507 e. The van der Waals surface area contributed by atoms with E-state index in [1.165, 1.54) is 0 Å². The highest BCUT2D eigenvalue weighted by Crippen LogP contribution is 2.42. The maximum Gasteiger partial charge on any atom is 0.125 e. The van der Waals surface area contributed by atoms with Crippen LogP contribution in [0.4, 0.5) is 0 Å². The molecule has 2 aliphatic rings. The number of aromatic hydroxyl groups is 1. The van der Waals surface area contributed by atoms with Gasteiger partial charge in [-0.25, -0.2) is 0 Å². The summed E-state index contributed by atoms with van der Waals surface area (Å²) in [5.74, 6) is 1.06. The molecule has 5 rings (SSSR count). The molecule has 4 nitrogen and oxygen atoms in total. The SMILES string of the molecule is COC1=CC(c2ccc(Cl)cc2)(N2CCC(c3c(O)ccc4ccccc34)=N2)CC=C1. The molecule has 0 saturated heterocycles. The Bertz CT molecular complexity index is 1230. The highest BCUT2D eigenvalue weighted by molar-refractivity contribution is 6.30. The fourth-order valence-electron chi connectivity index (χ4n) is 4.58. The van der Waals surface area contributed by atoms with E-state index >= 15 is 0 Å². The second-order valence-electron chi connectivity index (χ2n) is 7.89. The molecular formula is C26H23ClN2O2. The van der Waals surface area contributed by atoms with Crippen molar-refractivity contribution in [2.75, 3.05) is 13.7 Å². The highest BCUT2D eigenvalue weighted by atomic mass is 35.5. The number of halogens is 1. The number of fused-ring (bicyclic) bond motifs is 1. The molecule has 0 radical (unpaired) electrons. The average molecular weight is 431 g/mol. The van der Waals surface area contributed by atoms with E-state index in [-0.39, 0.29) is 5.75 Å². The molecule has 1 aliphatic heterocycles. The number of hydrogen-bond donors (Lipinski definition) is 1. The number of phenols is 1. The first kappa shape index (κ1) is 19.7. The van der Waals surface area contributed by atoms with Crippen molar-refractivity contribution < 1.29 is 9.84 Å². The van der Waals surface area contributed by atoms with Crippen molar-refractivity contribution in [3.63, 3.8) is 0 Å². The lowest BCUT2D eigenvalue weighted by molar-refractivity contribution is 0.144. The predicted octanol–water partition coefficient (Wildman–Crippen LogP) is 5.99. The van der Waals surface area contributed by atoms with E-state index in [2.05, 4.69) is 23.2 Å². The average Bonchev–Trinajstić information content (AvgIpc) is 3.29. The molecule has 0 fully saturated rings. The molecule has 0 amide bonds. The number of allylic oxidation sites excluding steroid dienone is 1. The third-order valence-corrected chi connectivity index (χ3v) is 6.38. The van der Waals surface area contributed by atoms with Gasteiger partial charge in [0.1, 0.15) is 17.0 Å². The Morgan fingerprint density at radius 2 is 1.87 bits per heavy atom. The molecule has 3 aromatic carbocycles. The Morgan fingerprint density at radius 1 is 1.06 bits per heavy atom. The van der Waals surface area contributed by atoms with Crippen molar-refractivity contribution >= 4 is 28.1 Å². The van der Waals surface area contributed by atoms with Crippen molar-refractivity contribution in [2.24, 2.45) is 5.10 Å². The second-order valence-corrected chi connectivity index (χ2v) is 8.33. The lowest BCUT2D eigenvalue weighted by Gasteiger charge is -2.40. The van der Waals surface area contributed by atoms with Gasteiger partial charge in [-0.2, -0.15) is 5.10 Å². The van der Waals surface area contributed by atoms with Crippen LogP contribution in [0.5, 0.6) is 5.75 Å². The van der Waals surface area contributed by atoms with Gasteiger partial charge >= 0.3 is 0 Å². The molecule has 5 heteroatoms. The number of ether oxygens (including phenoxy) is 1. The summed E-state index contributed by atoms with van der Waals surface area (Å²) in [6.07, 6.45) is 7.75. The molecule has 156 valence electrons. The fraction of sp³-hybridized carbons (Fsp3) is 0.192. The van der Waals surface area contributed by atoms with E-state index in [1.54, 1.807) is 13.2 Å². The van der Waals surface area contributed by atoms with Crippen molar-refractivity contribution in [1.29, 1.82) is 0 Å². The van der Waals surface area contributed by atoms with Gasteiger partial charge in [0, 0.05) is 23.6 Å². The molecular weight excluding hydrogens is 408 g/mol. The molecule has 1 heterocycles. The van der Waals surface area contributed by atoms with E-state index in [4.69, 9.17) is 21.4 Å². The van der Waals surface area contributed by atoms with Crippen LogP contribution in [-0.4, -0.2) is 29.5 Å². The molecule has 0 saturated carbocycles. The molecule has 31 heavy (non-hydrogen) atoms. The van der Waals surface area contributed by atoms with Gasteiger partial charge in [-0.1, -0.05) is 60.1 Å². The van der Waals surface area contributed by atoms with Crippen molar-refractivity contribution in [2.45, 2.75) is 18.4 Å². The quantitative estimate of drug-likeness (QED) is 0.552. The van der Waals surface area contributed by atoms with Crippen LogP contribution < -0.4 is 0 Å². The highest BCUT2D eigenvalue weighted by Gasteiger charge is 2.40. The fourth-order valence-corrected chi connectivity index (χ4v) is 4.70. The van der Waals surface area contributed by atoms with Crippen LogP contribution in [0.25, 0.3) is 10.8 Å². The zero-order valence-corrected chi connectivity index (χ0v) is 18.0. The summed E-state index contributed by atoms with van der Waals surface area (Å²) in [4.78, 5) is 0. The van der Waals surface area contributed by atoms with Gasteiger partial charge in [0.25, 0.3) is 0 Å². The van der Waals surface area contributed by atoms with E-state index in [9.17, 15) is 5.11 Å². The summed E-state index contributed by atoms with van der Waals surface area (Å²) in [6.45, 7) is 0.738. The van der Waals surface area contributed by atoms with Crippen LogP contribution in [0, 0.1) is 0 Å². The zero-order chi connectivity index (χ0) is 21.4. The lowest BCUT2D eigenvalue weighted by Crippen LogP contribution is -2.41. The third kappa shape index (κ3) is 3.37. The molecule has 1 atom stereocenters. The van der Waals surface area contributed by atoms with Crippen molar-refractivity contribution in [3.8, 4) is 5.75 Å². The van der Waals surface area contributed by atoms with Gasteiger partial charge in [-0.05, 0) is 53.1 Å². The number of methoxy groups -OCH3 is 1. The van der Waals surface area contributed by atoms with Gasteiger partial charge in [0.15, 0.2) is 0 Å². The molecule has 0 bridgehead atoms. The van der Waals surface area contributed by atoms with Gasteiger partial charge in [0.2, 0.25) is 0 Å². The van der Waals surface area contributed by atoms with E-state index in [0.29, 0.717) is 5.02 Å². The Hall–Kier alpha value is -3.24. The summed E-state index contributed by atoms with van der Waals surface area (Å²) in [5, 5.41) is 20.7. The first-order valence-corrected chi connectivity index (χ1v) is 10.7. The van der Waals surface area contributed by atoms with E-state index in [1.807, 2.05) is 54.6 Å². The molecule has 3 aromatic rings. The van der Waals surface area contributed by atoms with Gasteiger partial charge in [-0.3, -0.25) is 5.01 Å². The van der Waals surface area contributed by atoms with Gasteiger partial charge < -0.3 is 9.84 Å². The largest absolute Gasteiger partial charge is 0.507 e. The van der Waals surface area contributed by atoms with Crippen molar-refractivity contribution in [3.05, 3.63) is 101 Å². The van der Waals surface area contributed by atoms with Crippen LogP contribution in [0.3, 0.4) is 0 Å². The van der Waals surface area contributed by atoms with E-state index in [0.717, 1.165) is 52.8 Å². The standard InChI is InChI=1S/C26H23ClN2O2/c1-31-21-6-4-15-26(17-21,19-9-11-20(27)12-10-19)29-16-14-23(28-29)25-22-7-3-2-5-18(22)8-13-24(25)30/h2-13,17,30H,14-16H2,1H3. The molecule has 1 unspecified atom stereocenters. The predicted molar refractivity (Wildman–Crippen MR) is 125 cm³/mol. The van der Waals surface area contributed by atoms with Crippen molar-refractivity contribution in [1.82, 2.24) is 5.01 Å². The summed E-state index contributed by atoms with van der Waals surface area (Å²) in [7, 11) is 1.68. The summed E-state index contributed by atoms with van der Waals surface area (Å²) in [6, 6.07) is 19.7. The van der Waals surface area contributed by atoms with Crippen LogP contribution in [0.1, 0.15) is 24.0 Å². The Balaban J connectivity index is 1.64. The van der Waals surface area contributed by atoms with Crippen LogP contribution >= 0.6 is 11.6 Å². The minimum atomic E-state index is -0.480. The van der Waals surface area contributed by atoms with Gasteiger partial charge in [0.05, 0.1) is 12.8 Å². The van der Waals surface area contributed by atoms with E-state index < -0.39 is 5.54 Å². The maximum atomic E-state index is 10.7. The maximum absolute atomic E-state index is 10.7. The zero-order valence-electron chi connectivity index (χ0n) is 17.3. The third-order valence-electron chi connectivity index (χ3n) is 6.13. The Labute approximate surface area is 186 Å². The molecule has 0 spiro atoms. The number of rotatable bonds is 4. The Morgan fingerprint density at radius 3 is 2.68 bits per heavy atom. The number of phenolic OH excluding ortho intramolecular Hbond substituents is 1. The molecule has 0 aromatic heterocycles. The topological polar surface area (TPSA) is 45.1 Å². The summed E-state index contributed by atoms with van der Waals surface area (Å²) in [5.41, 5.74) is 2.33. The number of nitrogens with zero attached hydrogens (tertiary/aromatic N) is 2. The normalized spacial score (nSPS) is 20.6. The summed E-state index contributed by atoms with van der Waals surface area (Å²) >= 11 is 6.16. The number of hydrazone groups is 1. The number of benzene rings is 3. The van der Waals surface area contributed by atoms with Crippen LogP contribution in [-0.2, 0) is 10.3 Å².